The van der Waals surface area contributed by atoms with E-state index in [0.29, 0.717) is 19.3 Å². The summed E-state index contributed by atoms with van der Waals surface area (Å²) in [5.41, 5.74) is 0. The van der Waals surface area contributed by atoms with E-state index in [1.807, 2.05) is 18.2 Å². The van der Waals surface area contributed by atoms with Crippen LogP contribution in [-0.4, -0.2) is 46.7 Å². The Bertz CT molecular complexity index is 446. The lowest BCUT2D eigenvalue weighted by molar-refractivity contribution is -0.140. The molecule has 5 heteroatoms. The molecule has 1 rings (SSSR count). The molecular formula is C21H36O5. The third-order valence-corrected chi connectivity index (χ3v) is 5.13. The zero-order valence-electron chi connectivity index (χ0n) is 16.2. The number of unbranched alkanes of at least 4 members (excludes halogenated alkanes) is 3. The van der Waals surface area contributed by atoms with Gasteiger partial charge in [-0.3, -0.25) is 4.79 Å². The molecule has 0 aromatic carbocycles. The van der Waals surface area contributed by atoms with Gasteiger partial charge in [0.1, 0.15) is 0 Å². The van der Waals surface area contributed by atoms with E-state index in [4.69, 9.17) is 0 Å². The highest BCUT2D eigenvalue weighted by atomic mass is 16.5. The Balaban J connectivity index is 2.44. The third kappa shape index (κ3) is 8.47. The van der Waals surface area contributed by atoms with Gasteiger partial charge in [-0.1, -0.05) is 50.5 Å². The summed E-state index contributed by atoms with van der Waals surface area (Å²) >= 11 is 0. The molecule has 0 aromatic heterocycles. The molecule has 0 aliphatic heterocycles. The Kier molecular flexibility index (Phi) is 11.5. The van der Waals surface area contributed by atoms with Gasteiger partial charge in [0, 0.05) is 18.8 Å². The Hall–Kier alpha value is -1.17. The van der Waals surface area contributed by atoms with Crippen LogP contribution in [0.5, 0.6) is 0 Å². The topological polar surface area (TPSA) is 87.0 Å². The molecule has 1 fully saturated rings. The molecular weight excluding hydrogens is 332 g/mol. The molecule has 0 unspecified atom stereocenters. The summed E-state index contributed by atoms with van der Waals surface area (Å²) < 4.78 is 4.60. The van der Waals surface area contributed by atoms with Gasteiger partial charge in [0.05, 0.1) is 25.4 Å². The first kappa shape index (κ1) is 22.9. The van der Waals surface area contributed by atoms with E-state index in [1.54, 1.807) is 6.08 Å². The fraction of sp³-hybridized carbons (Fsp3) is 0.762. The monoisotopic (exact) mass is 368 g/mol. The minimum absolute atomic E-state index is 0.0408. The number of carbonyl (C=O) groups is 1. The van der Waals surface area contributed by atoms with Gasteiger partial charge < -0.3 is 20.1 Å². The fourth-order valence-electron chi connectivity index (χ4n) is 3.50. The Morgan fingerprint density at radius 3 is 2.65 bits per heavy atom. The normalized spacial score (nSPS) is 27.4. The number of ether oxygens (including phenoxy) is 1. The van der Waals surface area contributed by atoms with Crippen LogP contribution in [0.1, 0.15) is 64.7 Å². The summed E-state index contributed by atoms with van der Waals surface area (Å²) in [6.07, 6.45) is 13.1. The maximum Gasteiger partial charge on any atom is 0.305 e. The van der Waals surface area contributed by atoms with Crippen LogP contribution < -0.4 is 0 Å². The van der Waals surface area contributed by atoms with Crippen LogP contribution in [0.3, 0.4) is 0 Å². The average Bonchev–Trinajstić information content (AvgIpc) is 2.89. The molecule has 0 bridgehead atoms. The van der Waals surface area contributed by atoms with E-state index in [2.05, 4.69) is 11.7 Å². The fourth-order valence-corrected chi connectivity index (χ4v) is 3.50. The Labute approximate surface area is 157 Å². The summed E-state index contributed by atoms with van der Waals surface area (Å²) in [4.78, 5) is 11.1. The summed E-state index contributed by atoms with van der Waals surface area (Å²) in [7, 11) is 1.39. The molecule has 0 aromatic rings. The SMILES string of the molecule is CCCCC[C@H](O)/C=C\[C@@H]1[C@@H](C/C=C\CCCC(=O)OC)[C@@H](O)C[C@H]1O. The number of carbonyl (C=O) groups excluding carboxylic acids is 1. The minimum atomic E-state index is -0.568. The lowest BCUT2D eigenvalue weighted by atomic mass is 9.89. The van der Waals surface area contributed by atoms with Gasteiger partial charge in [-0.2, -0.15) is 0 Å². The van der Waals surface area contributed by atoms with Crippen molar-refractivity contribution < 1.29 is 24.9 Å². The summed E-state index contributed by atoms with van der Waals surface area (Å²) in [5, 5.41) is 30.5. The number of aliphatic hydroxyl groups is 3. The first-order valence-electron chi connectivity index (χ1n) is 9.93. The maximum absolute atomic E-state index is 11.1. The van der Waals surface area contributed by atoms with Crippen molar-refractivity contribution in [1.82, 2.24) is 0 Å². The van der Waals surface area contributed by atoms with Crippen molar-refractivity contribution in [2.75, 3.05) is 7.11 Å². The van der Waals surface area contributed by atoms with Gasteiger partial charge in [0.15, 0.2) is 0 Å². The van der Waals surface area contributed by atoms with Gasteiger partial charge >= 0.3 is 5.97 Å². The van der Waals surface area contributed by atoms with Gasteiger partial charge in [0.25, 0.3) is 0 Å². The first-order valence-corrected chi connectivity index (χ1v) is 9.93. The molecule has 26 heavy (non-hydrogen) atoms. The number of aliphatic hydroxyl groups excluding tert-OH is 3. The van der Waals surface area contributed by atoms with Gasteiger partial charge in [-0.25, -0.2) is 0 Å². The van der Waals surface area contributed by atoms with Gasteiger partial charge in [-0.05, 0) is 31.6 Å². The van der Waals surface area contributed by atoms with E-state index < -0.39 is 18.3 Å². The van der Waals surface area contributed by atoms with Crippen LogP contribution in [0.15, 0.2) is 24.3 Å². The zero-order chi connectivity index (χ0) is 19.4. The molecule has 0 radical (unpaired) electrons. The van der Waals surface area contributed by atoms with Crippen LogP contribution in [-0.2, 0) is 9.53 Å². The van der Waals surface area contributed by atoms with Crippen molar-refractivity contribution in [3.8, 4) is 0 Å². The van der Waals surface area contributed by atoms with Crippen LogP contribution in [0, 0.1) is 11.8 Å². The predicted octanol–water partition coefficient (Wildman–Crippen LogP) is 3.13. The predicted molar refractivity (Wildman–Crippen MR) is 103 cm³/mol. The van der Waals surface area contributed by atoms with E-state index >= 15 is 0 Å². The number of rotatable bonds is 12. The van der Waals surface area contributed by atoms with Crippen molar-refractivity contribution in [1.29, 1.82) is 0 Å². The quantitative estimate of drug-likeness (QED) is 0.280. The van der Waals surface area contributed by atoms with Crippen molar-refractivity contribution in [2.45, 2.75) is 83.0 Å². The average molecular weight is 369 g/mol. The van der Waals surface area contributed by atoms with Crippen molar-refractivity contribution in [2.24, 2.45) is 11.8 Å². The van der Waals surface area contributed by atoms with Crippen LogP contribution in [0.4, 0.5) is 0 Å². The second-order valence-corrected chi connectivity index (χ2v) is 7.24. The second-order valence-electron chi connectivity index (χ2n) is 7.24. The molecule has 3 N–H and O–H groups in total. The second kappa shape index (κ2) is 13.1. The van der Waals surface area contributed by atoms with E-state index in [0.717, 1.165) is 38.5 Å². The largest absolute Gasteiger partial charge is 0.469 e. The number of methoxy groups -OCH3 is 1. The molecule has 0 spiro atoms. The molecule has 5 atom stereocenters. The van der Waals surface area contributed by atoms with Crippen molar-refractivity contribution in [3.63, 3.8) is 0 Å². The van der Waals surface area contributed by atoms with Crippen LogP contribution in [0.25, 0.3) is 0 Å². The van der Waals surface area contributed by atoms with Gasteiger partial charge in [0.2, 0.25) is 0 Å². The maximum atomic E-state index is 11.1. The molecule has 0 amide bonds. The number of hydrogen-bond donors (Lipinski definition) is 3. The molecule has 150 valence electrons. The molecule has 0 saturated heterocycles. The summed E-state index contributed by atoms with van der Waals surface area (Å²) in [6, 6.07) is 0. The number of allylic oxidation sites excluding steroid dienone is 2. The summed E-state index contributed by atoms with van der Waals surface area (Å²) in [5.74, 6) is -0.373. The van der Waals surface area contributed by atoms with Gasteiger partial charge in [-0.15, -0.1) is 0 Å². The highest BCUT2D eigenvalue weighted by molar-refractivity contribution is 5.69. The number of esters is 1. The first-order chi connectivity index (χ1) is 12.5. The Morgan fingerprint density at radius 1 is 1.19 bits per heavy atom. The van der Waals surface area contributed by atoms with E-state index in [1.165, 1.54) is 7.11 Å². The highest BCUT2D eigenvalue weighted by Gasteiger charge is 2.39. The smallest absolute Gasteiger partial charge is 0.305 e. The third-order valence-electron chi connectivity index (χ3n) is 5.13. The lowest BCUT2D eigenvalue weighted by Gasteiger charge is -2.19. The molecule has 0 heterocycles. The van der Waals surface area contributed by atoms with Crippen molar-refractivity contribution in [3.05, 3.63) is 24.3 Å². The standard InChI is InChI=1S/C21H36O5/c1-3-4-7-10-16(22)13-14-18-17(19(23)15-20(18)24)11-8-5-6-9-12-21(25)26-2/h5,8,13-14,16-20,22-24H,3-4,6-7,9-12,15H2,1-2H3/b8-5-,14-13-/t16-,17+,18+,19-,20+/m0/s1. The zero-order valence-corrected chi connectivity index (χ0v) is 16.2. The van der Waals surface area contributed by atoms with Crippen molar-refractivity contribution >= 4 is 5.97 Å². The lowest BCUT2D eigenvalue weighted by Crippen LogP contribution is -2.20. The Morgan fingerprint density at radius 2 is 1.96 bits per heavy atom. The van der Waals surface area contributed by atoms with E-state index in [-0.39, 0.29) is 17.8 Å². The molecule has 5 nitrogen and oxygen atoms in total. The summed E-state index contributed by atoms with van der Waals surface area (Å²) in [6.45, 7) is 2.13. The number of hydrogen-bond acceptors (Lipinski definition) is 5. The van der Waals surface area contributed by atoms with Crippen LogP contribution >= 0.6 is 0 Å². The molecule has 1 aliphatic carbocycles. The highest BCUT2D eigenvalue weighted by Crippen LogP contribution is 2.36. The van der Waals surface area contributed by atoms with Crippen LogP contribution in [0.2, 0.25) is 0 Å². The minimum Gasteiger partial charge on any atom is -0.469 e. The van der Waals surface area contributed by atoms with E-state index in [9.17, 15) is 20.1 Å². The molecule has 1 aliphatic rings. The molecule has 1 saturated carbocycles.